The van der Waals surface area contributed by atoms with Crippen LogP contribution in [0, 0.1) is 11.8 Å². The van der Waals surface area contributed by atoms with Gasteiger partial charge in [-0.2, -0.15) is 0 Å². The molecule has 1 saturated carbocycles. The van der Waals surface area contributed by atoms with Crippen molar-refractivity contribution >= 4 is 0 Å². The Kier molecular flexibility index (Phi) is 1.69. The van der Waals surface area contributed by atoms with Crippen molar-refractivity contribution < 1.29 is 0 Å². The molecule has 3 unspecified atom stereocenters. The second-order valence-electron chi connectivity index (χ2n) is 4.03. The van der Waals surface area contributed by atoms with Crippen molar-refractivity contribution in [1.82, 2.24) is 5.32 Å². The number of hydrogen-bond acceptors (Lipinski definition) is 1. The first-order valence-corrected chi connectivity index (χ1v) is 4.59. The summed E-state index contributed by atoms with van der Waals surface area (Å²) in [5.41, 5.74) is 0. The molecule has 0 aromatic carbocycles. The van der Waals surface area contributed by atoms with Crippen LogP contribution in [0.5, 0.6) is 0 Å². The molecule has 1 heterocycles. The summed E-state index contributed by atoms with van der Waals surface area (Å²) in [4.78, 5) is 0. The molecule has 10 heavy (non-hydrogen) atoms. The molecular weight excluding hydrogens is 122 g/mol. The Morgan fingerprint density at radius 1 is 1.20 bits per heavy atom. The van der Waals surface area contributed by atoms with E-state index >= 15 is 0 Å². The van der Waals surface area contributed by atoms with Gasteiger partial charge in [-0.25, -0.2) is 0 Å². The predicted octanol–water partition coefficient (Wildman–Crippen LogP) is 1.78. The zero-order valence-electron chi connectivity index (χ0n) is 6.77. The quantitative estimate of drug-likeness (QED) is 0.539. The molecule has 1 nitrogen and oxygen atoms in total. The minimum absolute atomic E-state index is 0.892. The molecule has 0 bridgehead atoms. The minimum atomic E-state index is 0.892. The van der Waals surface area contributed by atoms with Crippen molar-refractivity contribution in [1.29, 1.82) is 0 Å². The molecule has 2 rings (SSSR count). The van der Waals surface area contributed by atoms with E-state index in [2.05, 4.69) is 12.2 Å². The van der Waals surface area contributed by atoms with Crippen LogP contribution < -0.4 is 5.32 Å². The highest BCUT2D eigenvalue weighted by molar-refractivity contribution is 4.88. The van der Waals surface area contributed by atoms with Gasteiger partial charge >= 0.3 is 0 Å². The third-order valence-corrected chi connectivity index (χ3v) is 3.18. The fourth-order valence-electron chi connectivity index (χ4n) is 2.49. The summed E-state index contributed by atoms with van der Waals surface area (Å²) in [6.07, 6.45) is 5.84. The van der Waals surface area contributed by atoms with E-state index in [1.807, 2.05) is 0 Å². The summed E-state index contributed by atoms with van der Waals surface area (Å²) >= 11 is 0. The summed E-state index contributed by atoms with van der Waals surface area (Å²) in [5, 5.41) is 3.59. The van der Waals surface area contributed by atoms with Gasteiger partial charge in [0.1, 0.15) is 0 Å². The zero-order chi connectivity index (χ0) is 6.97. The molecule has 0 aromatic heterocycles. The summed E-state index contributed by atoms with van der Waals surface area (Å²) in [6, 6.07) is 0.892. The van der Waals surface area contributed by atoms with Crippen LogP contribution in [0.25, 0.3) is 0 Å². The molecule has 0 amide bonds. The lowest BCUT2D eigenvalue weighted by Crippen LogP contribution is -2.32. The first-order chi connectivity index (χ1) is 4.86. The van der Waals surface area contributed by atoms with E-state index < -0.39 is 0 Å². The van der Waals surface area contributed by atoms with E-state index in [1.54, 1.807) is 0 Å². The smallest absolute Gasteiger partial charge is 0.00983 e. The second kappa shape index (κ2) is 2.54. The molecular formula is C9H17N. The van der Waals surface area contributed by atoms with E-state index in [1.165, 1.54) is 32.2 Å². The summed E-state index contributed by atoms with van der Waals surface area (Å²) in [7, 11) is 0. The maximum absolute atomic E-state index is 3.59. The van der Waals surface area contributed by atoms with Crippen molar-refractivity contribution in [3.63, 3.8) is 0 Å². The lowest BCUT2D eigenvalue weighted by atomic mass is 9.80. The Bertz CT molecular complexity index is 122. The lowest BCUT2D eigenvalue weighted by molar-refractivity contribution is 0.262. The molecule has 2 fully saturated rings. The normalized spacial score (nSPS) is 47.1. The highest BCUT2D eigenvalue weighted by Crippen LogP contribution is 2.33. The molecule has 1 heteroatoms. The number of fused-ring (bicyclic) bond motifs is 1. The van der Waals surface area contributed by atoms with Crippen LogP contribution in [0.15, 0.2) is 0 Å². The molecule has 0 aromatic rings. The predicted molar refractivity (Wildman–Crippen MR) is 42.9 cm³/mol. The monoisotopic (exact) mass is 139 g/mol. The molecule has 1 aliphatic heterocycles. The lowest BCUT2D eigenvalue weighted by Gasteiger charge is -2.29. The van der Waals surface area contributed by atoms with Crippen LogP contribution in [0.2, 0.25) is 0 Å². The van der Waals surface area contributed by atoms with Gasteiger partial charge in [-0.05, 0) is 37.6 Å². The Balaban J connectivity index is 1.96. The van der Waals surface area contributed by atoms with Crippen molar-refractivity contribution in [3.8, 4) is 0 Å². The van der Waals surface area contributed by atoms with Crippen LogP contribution in [-0.2, 0) is 0 Å². The number of hydrogen-bond donors (Lipinski definition) is 1. The van der Waals surface area contributed by atoms with Crippen molar-refractivity contribution in [3.05, 3.63) is 0 Å². The van der Waals surface area contributed by atoms with Crippen molar-refractivity contribution in [2.75, 3.05) is 6.54 Å². The third-order valence-electron chi connectivity index (χ3n) is 3.18. The van der Waals surface area contributed by atoms with Gasteiger partial charge in [0.2, 0.25) is 0 Å². The van der Waals surface area contributed by atoms with Crippen molar-refractivity contribution in [2.45, 2.75) is 38.6 Å². The zero-order valence-corrected chi connectivity index (χ0v) is 6.77. The van der Waals surface area contributed by atoms with E-state index in [0.29, 0.717) is 0 Å². The maximum atomic E-state index is 3.59. The van der Waals surface area contributed by atoms with E-state index in [4.69, 9.17) is 0 Å². The Labute approximate surface area is 63.2 Å². The summed E-state index contributed by atoms with van der Waals surface area (Å²) in [5.74, 6) is 2.02. The average molecular weight is 139 g/mol. The first kappa shape index (κ1) is 6.66. The second-order valence-corrected chi connectivity index (χ2v) is 4.03. The van der Waals surface area contributed by atoms with Crippen LogP contribution in [-0.4, -0.2) is 12.6 Å². The summed E-state index contributed by atoms with van der Waals surface area (Å²) in [6.45, 7) is 3.66. The van der Waals surface area contributed by atoms with Crippen LogP contribution in [0.1, 0.15) is 32.6 Å². The van der Waals surface area contributed by atoms with Gasteiger partial charge in [0.05, 0.1) is 0 Å². The molecule has 1 N–H and O–H groups in total. The SMILES string of the molecule is CC1CCC2CCNC2C1. The average Bonchev–Trinajstić information content (AvgIpc) is 2.33. The largest absolute Gasteiger partial charge is 0.314 e. The van der Waals surface area contributed by atoms with Gasteiger partial charge in [-0.15, -0.1) is 0 Å². The molecule has 58 valence electrons. The molecule has 1 saturated heterocycles. The standard InChI is InChI=1S/C9H17N/c1-7-2-3-8-4-5-10-9(8)6-7/h7-10H,2-6H2,1H3. The van der Waals surface area contributed by atoms with E-state index in [0.717, 1.165) is 17.9 Å². The molecule has 0 spiro atoms. The third kappa shape index (κ3) is 1.07. The highest BCUT2D eigenvalue weighted by atomic mass is 15.0. The molecule has 3 atom stereocenters. The van der Waals surface area contributed by atoms with Gasteiger partial charge < -0.3 is 5.32 Å². The molecule has 1 aliphatic carbocycles. The van der Waals surface area contributed by atoms with E-state index in [-0.39, 0.29) is 0 Å². The first-order valence-electron chi connectivity index (χ1n) is 4.59. The fraction of sp³-hybridized carbons (Fsp3) is 1.00. The Hall–Kier alpha value is -0.0400. The van der Waals surface area contributed by atoms with Crippen LogP contribution >= 0.6 is 0 Å². The molecule has 2 aliphatic rings. The molecule has 0 radical (unpaired) electrons. The Morgan fingerprint density at radius 3 is 3.00 bits per heavy atom. The van der Waals surface area contributed by atoms with E-state index in [9.17, 15) is 0 Å². The van der Waals surface area contributed by atoms with Crippen molar-refractivity contribution in [2.24, 2.45) is 11.8 Å². The number of nitrogens with one attached hydrogen (secondary N) is 1. The summed E-state index contributed by atoms with van der Waals surface area (Å²) < 4.78 is 0. The number of rotatable bonds is 0. The van der Waals surface area contributed by atoms with Crippen LogP contribution in [0.3, 0.4) is 0 Å². The minimum Gasteiger partial charge on any atom is -0.314 e. The van der Waals surface area contributed by atoms with Gasteiger partial charge in [-0.1, -0.05) is 13.3 Å². The van der Waals surface area contributed by atoms with Gasteiger partial charge in [0, 0.05) is 6.04 Å². The highest BCUT2D eigenvalue weighted by Gasteiger charge is 2.31. The maximum Gasteiger partial charge on any atom is 0.00983 e. The topological polar surface area (TPSA) is 12.0 Å². The Morgan fingerprint density at radius 2 is 2.10 bits per heavy atom. The van der Waals surface area contributed by atoms with Gasteiger partial charge in [-0.3, -0.25) is 0 Å². The van der Waals surface area contributed by atoms with Gasteiger partial charge in [0.25, 0.3) is 0 Å². The van der Waals surface area contributed by atoms with Crippen LogP contribution in [0.4, 0.5) is 0 Å². The van der Waals surface area contributed by atoms with Gasteiger partial charge in [0.15, 0.2) is 0 Å². The fourth-order valence-corrected chi connectivity index (χ4v) is 2.49.